The molecule has 4 rings (SSSR count). The van der Waals surface area contributed by atoms with Gasteiger partial charge in [0.05, 0.1) is 17.6 Å². The van der Waals surface area contributed by atoms with E-state index in [9.17, 15) is 0 Å². The number of rotatable bonds is 4. The topological polar surface area (TPSA) is 46.0 Å². The highest BCUT2D eigenvalue weighted by atomic mass is 35.5. The van der Waals surface area contributed by atoms with Crippen molar-refractivity contribution in [3.8, 4) is 5.69 Å². The van der Waals surface area contributed by atoms with Crippen molar-refractivity contribution in [3.63, 3.8) is 0 Å². The largest absolute Gasteiger partial charge is 0.314 e. The molecule has 25 heavy (non-hydrogen) atoms. The number of nitrogens with zero attached hydrogens (tertiary/aromatic N) is 4. The first-order chi connectivity index (χ1) is 12.3. The fourth-order valence-corrected chi connectivity index (χ4v) is 3.54. The second-order valence-electron chi connectivity index (χ2n) is 6.20. The number of aromatic nitrogens is 3. The van der Waals surface area contributed by atoms with Gasteiger partial charge in [-0.2, -0.15) is 0 Å². The van der Waals surface area contributed by atoms with Gasteiger partial charge in [-0.05, 0) is 23.8 Å². The number of nitrogens with one attached hydrogen (secondary N) is 1. The second kappa shape index (κ2) is 7.35. The molecule has 0 bridgehead atoms. The monoisotopic (exact) mass is 353 g/mol. The smallest absolute Gasteiger partial charge is 0.0972 e. The van der Waals surface area contributed by atoms with Crippen LogP contribution < -0.4 is 5.32 Å². The maximum atomic E-state index is 6.42. The quantitative estimate of drug-likeness (QED) is 0.783. The maximum Gasteiger partial charge on any atom is 0.0972 e. The van der Waals surface area contributed by atoms with Gasteiger partial charge in [-0.3, -0.25) is 4.90 Å². The first-order valence-electron chi connectivity index (χ1n) is 8.47. The molecule has 3 aromatic rings. The normalized spacial score (nSPS) is 18.4. The van der Waals surface area contributed by atoms with Crippen molar-refractivity contribution in [3.05, 3.63) is 77.1 Å². The number of benzene rings is 2. The van der Waals surface area contributed by atoms with Crippen LogP contribution in [-0.2, 0) is 6.54 Å². The molecule has 2 heterocycles. The standard InChI is InChI=1S/C19H20ClN5/c20-18-9-5-4-8-17(18)19-12-21-10-11-24(19)13-15-14-25(23-22-15)16-6-2-1-3-7-16/h1-9,14,19,21H,10-13H2. The summed E-state index contributed by atoms with van der Waals surface area (Å²) in [7, 11) is 0. The summed E-state index contributed by atoms with van der Waals surface area (Å²) < 4.78 is 1.82. The molecule has 1 unspecified atom stereocenters. The molecule has 1 aliphatic rings. The molecule has 6 heteroatoms. The lowest BCUT2D eigenvalue weighted by Crippen LogP contribution is -2.45. The van der Waals surface area contributed by atoms with Crippen molar-refractivity contribution >= 4 is 11.6 Å². The van der Waals surface area contributed by atoms with Crippen molar-refractivity contribution in [2.75, 3.05) is 19.6 Å². The molecule has 2 aromatic carbocycles. The van der Waals surface area contributed by atoms with Gasteiger partial charge in [-0.15, -0.1) is 5.10 Å². The molecule has 5 nitrogen and oxygen atoms in total. The molecule has 0 spiro atoms. The Labute approximate surface area is 152 Å². The molecule has 0 aliphatic carbocycles. The third kappa shape index (κ3) is 3.58. The highest BCUT2D eigenvalue weighted by Gasteiger charge is 2.26. The molecular weight excluding hydrogens is 334 g/mol. The molecule has 1 N–H and O–H groups in total. The van der Waals surface area contributed by atoms with Crippen LogP contribution in [0.2, 0.25) is 5.02 Å². The van der Waals surface area contributed by atoms with Crippen molar-refractivity contribution in [2.45, 2.75) is 12.6 Å². The molecule has 1 saturated heterocycles. The van der Waals surface area contributed by atoms with Gasteiger partial charge in [0.25, 0.3) is 0 Å². The van der Waals surface area contributed by atoms with Crippen LogP contribution in [0, 0.1) is 0 Å². The van der Waals surface area contributed by atoms with Crippen molar-refractivity contribution in [1.29, 1.82) is 0 Å². The van der Waals surface area contributed by atoms with E-state index in [1.165, 1.54) is 0 Å². The maximum absolute atomic E-state index is 6.42. The van der Waals surface area contributed by atoms with Gasteiger partial charge >= 0.3 is 0 Å². The van der Waals surface area contributed by atoms with Crippen molar-refractivity contribution in [2.24, 2.45) is 0 Å². The number of hydrogen-bond donors (Lipinski definition) is 1. The molecule has 1 fully saturated rings. The predicted octanol–water partition coefficient (Wildman–Crippen LogP) is 3.07. The van der Waals surface area contributed by atoms with Crippen LogP contribution >= 0.6 is 11.6 Å². The third-order valence-electron chi connectivity index (χ3n) is 4.55. The predicted molar refractivity (Wildman–Crippen MR) is 98.8 cm³/mol. The summed E-state index contributed by atoms with van der Waals surface area (Å²) in [5, 5.41) is 12.9. The summed E-state index contributed by atoms with van der Waals surface area (Å²) >= 11 is 6.42. The molecule has 128 valence electrons. The molecule has 1 aromatic heterocycles. The Bertz CT molecular complexity index is 833. The second-order valence-corrected chi connectivity index (χ2v) is 6.61. The van der Waals surface area contributed by atoms with E-state index >= 15 is 0 Å². The van der Waals surface area contributed by atoms with E-state index in [-0.39, 0.29) is 6.04 Å². The van der Waals surface area contributed by atoms with Gasteiger partial charge in [-0.1, -0.05) is 53.2 Å². The molecule has 0 saturated carbocycles. The summed E-state index contributed by atoms with van der Waals surface area (Å²) in [6, 6.07) is 18.4. The van der Waals surface area contributed by atoms with Crippen molar-refractivity contribution in [1.82, 2.24) is 25.2 Å². The lowest BCUT2D eigenvalue weighted by Gasteiger charge is -2.36. The fourth-order valence-electron chi connectivity index (χ4n) is 3.27. The first kappa shape index (κ1) is 16.3. The number of hydrogen-bond acceptors (Lipinski definition) is 4. The van der Waals surface area contributed by atoms with Crippen LogP contribution in [0.1, 0.15) is 17.3 Å². The molecule has 1 aliphatic heterocycles. The van der Waals surface area contributed by atoms with E-state index in [0.717, 1.165) is 48.1 Å². The Kier molecular flexibility index (Phi) is 4.78. The van der Waals surface area contributed by atoms with Gasteiger partial charge in [0, 0.05) is 37.2 Å². The Morgan fingerprint density at radius 3 is 2.72 bits per heavy atom. The Balaban J connectivity index is 1.55. The summed E-state index contributed by atoms with van der Waals surface area (Å²) in [4.78, 5) is 2.41. The zero-order valence-electron chi connectivity index (χ0n) is 13.8. The summed E-state index contributed by atoms with van der Waals surface area (Å²) in [6.07, 6.45) is 2.00. The number of halogens is 1. The van der Waals surface area contributed by atoms with Gasteiger partial charge in [0.1, 0.15) is 0 Å². The van der Waals surface area contributed by atoms with Crippen LogP contribution in [0.5, 0.6) is 0 Å². The summed E-state index contributed by atoms with van der Waals surface area (Å²) in [5.74, 6) is 0. The Hall–Kier alpha value is -2.21. The molecule has 0 radical (unpaired) electrons. The number of para-hydroxylation sites is 1. The van der Waals surface area contributed by atoms with E-state index in [1.54, 1.807) is 0 Å². The average Bonchev–Trinajstić information content (AvgIpc) is 3.12. The number of piperazine rings is 1. The van der Waals surface area contributed by atoms with E-state index in [1.807, 2.05) is 59.4 Å². The van der Waals surface area contributed by atoms with Crippen LogP contribution in [0.3, 0.4) is 0 Å². The Morgan fingerprint density at radius 2 is 1.88 bits per heavy atom. The van der Waals surface area contributed by atoms with E-state index in [4.69, 9.17) is 11.6 Å². The Morgan fingerprint density at radius 1 is 1.08 bits per heavy atom. The van der Waals surface area contributed by atoms with Crippen molar-refractivity contribution < 1.29 is 0 Å². The van der Waals surface area contributed by atoms with E-state index in [2.05, 4.69) is 26.6 Å². The zero-order valence-corrected chi connectivity index (χ0v) is 14.6. The van der Waals surface area contributed by atoms with Gasteiger partial charge in [0.15, 0.2) is 0 Å². The lowest BCUT2D eigenvalue weighted by molar-refractivity contribution is 0.152. The summed E-state index contributed by atoms with van der Waals surface area (Å²) in [5.41, 5.74) is 3.14. The highest BCUT2D eigenvalue weighted by molar-refractivity contribution is 6.31. The fraction of sp³-hybridized carbons (Fsp3) is 0.263. The van der Waals surface area contributed by atoms with Gasteiger partial charge < -0.3 is 5.32 Å². The molecule has 0 amide bonds. The third-order valence-corrected chi connectivity index (χ3v) is 4.89. The minimum Gasteiger partial charge on any atom is -0.314 e. The average molecular weight is 354 g/mol. The van der Waals surface area contributed by atoms with E-state index in [0.29, 0.717) is 0 Å². The first-order valence-corrected chi connectivity index (χ1v) is 8.85. The van der Waals surface area contributed by atoms with E-state index < -0.39 is 0 Å². The van der Waals surface area contributed by atoms with Crippen LogP contribution in [0.15, 0.2) is 60.8 Å². The minimum absolute atomic E-state index is 0.240. The van der Waals surface area contributed by atoms with Crippen LogP contribution in [0.4, 0.5) is 0 Å². The SMILES string of the molecule is Clc1ccccc1C1CNCCN1Cc1cn(-c2ccccc2)nn1. The minimum atomic E-state index is 0.240. The molecule has 1 atom stereocenters. The zero-order chi connectivity index (χ0) is 17.1. The van der Waals surface area contributed by atoms with Gasteiger partial charge in [-0.25, -0.2) is 4.68 Å². The van der Waals surface area contributed by atoms with Crippen LogP contribution in [-0.4, -0.2) is 39.5 Å². The summed E-state index contributed by atoms with van der Waals surface area (Å²) in [6.45, 7) is 3.56. The lowest BCUT2D eigenvalue weighted by atomic mass is 10.0. The highest BCUT2D eigenvalue weighted by Crippen LogP contribution is 2.29. The van der Waals surface area contributed by atoms with Crippen LogP contribution in [0.25, 0.3) is 5.69 Å². The molecular formula is C19H20ClN5. The van der Waals surface area contributed by atoms with Gasteiger partial charge in [0.2, 0.25) is 0 Å².